The fraction of sp³-hybridized carbons (Fsp3) is 0.875. The number of carbonyl (C=O) groups is 2. The number of methoxy groups -OCH3 is 1. The molecule has 0 aromatic carbocycles. The van der Waals surface area contributed by atoms with E-state index < -0.39 is 11.9 Å². The van der Waals surface area contributed by atoms with Crippen LogP contribution in [-0.4, -0.2) is 36.4 Å². The lowest BCUT2D eigenvalue weighted by Gasteiger charge is -2.58. The standard InChI is InChI=1S/C32H52O5/c1-20(27(33)14-15-30(2,3)4)24-10-11-25-23-9-8-21-18-22(37-29(35)19-28(34)36-7)12-16-31(21,5)26(23)13-17-32(24,25)6/h8,20,22-27,33H,9-19H2,1-7H3/t20-,22-,23-,24+,25-,26-,27?,31-,32+/m0/s1. The molecule has 1 N–H and O–H groups in total. The average Bonchev–Trinajstić information content (AvgIpc) is 3.18. The van der Waals surface area contributed by atoms with Crippen molar-refractivity contribution >= 4 is 11.9 Å². The minimum absolute atomic E-state index is 0.131. The molecule has 0 saturated heterocycles. The first-order chi connectivity index (χ1) is 17.3. The first kappa shape index (κ1) is 28.6. The van der Waals surface area contributed by atoms with Crippen LogP contribution in [0.2, 0.25) is 0 Å². The largest absolute Gasteiger partial charge is 0.469 e. The molecule has 210 valence electrons. The first-order valence-corrected chi connectivity index (χ1v) is 14.9. The van der Waals surface area contributed by atoms with Crippen molar-refractivity contribution in [2.45, 2.75) is 124 Å². The number of fused-ring (bicyclic) bond motifs is 5. The fourth-order valence-electron chi connectivity index (χ4n) is 9.16. The second-order valence-electron chi connectivity index (χ2n) is 14.6. The van der Waals surface area contributed by atoms with Gasteiger partial charge in [0, 0.05) is 6.42 Å². The van der Waals surface area contributed by atoms with Gasteiger partial charge in [-0.25, -0.2) is 0 Å². The zero-order valence-electron chi connectivity index (χ0n) is 24.5. The first-order valence-electron chi connectivity index (χ1n) is 14.9. The van der Waals surface area contributed by atoms with Crippen LogP contribution in [0.5, 0.6) is 0 Å². The number of hydrogen-bond acceptors (Lipinski definition) is 5. The van der Waals surface area contributed by atoms with Crippen molar-refractivity contribution in [3.63, 3.8) is 0 Å². The lowest BCUT2D eigenvalue weighted by molar-refractivity contribution is -0.158. The van der Waals surface area contributed by atoms with Crippen LogP contribution in [0.4, 0.5) is 0 Å². The Kier molecular flexibility index (Phi) is 8.25. The van der Waals surface area contributed by atoms with E-state index in [2.05, 4.69) is 52.4 Å². The quantitative estimate of drug-likeness (QED) is 0.227. The number of allylic oxidation sites excluding steroid dienone is 1. The Labute approximate surface area is 225 Å². The van der Waals surface area contributed by atoms with E-state index in [-0.39, 0.29) is 29.5 Å². The summed E-state index contributed by atoms with van der Waals surface area (Å²) in [5.74, 6) is 2.09. The topological polar surface area (TPSA) is 72.8 Å². The molecule has 9 atom stereocenters. The number of carbonyl (C=O) groups excluding carboxylic acids is 2. The molecule has 3 fully saturated rings. The van der Waals surface area contributed by atoms with Gasteiger partial charge >= 0.3 is 11.9 Å². The highest BCUT2D eigenvalue weighted by molar-refractivity contribution is 5.91. The molecule has 3 saturated carbocycles. The summed E-state index contributed by atoms with van der Waals surface area (Å²) in [6, 6.07) is 0. The number of aliphatic hydroxyl groups excluding tert-OH is 1. The Balaban J connectivity index is 1.43. The van der Waals surface area contributed by atoms with Gasteiger partial charge < -0.3 is 14.6 Å². The molecule has 37 heavy (non-hydrogen) atoms. The number of aliphatic hydroxyl groups is 1. The molecular formula is C32H52O5. The second kappa shape index (κ2) is 10.7. The Morgan fingerprint density at radius 2 is 1.81 bits per heavy atom. The van der Waals surface area contributed by atoms with Crippen molar-refractivity contribution in [3.05, 3.63) is 11.6 Å². The van der Waals surface area contributed by atoms with Crippen molar-refractivity contribution in [3.8, 4) is 0 Å². The minimum Gasteiger partial charge on any atom is -0.469 e. The molecule has 0 bridgehead atoms. The zero-order valence-corrected chi connectivity index (χ0v) is 24.5. The summed E-state index contributed by atoms with van der Waals surface area (Å²) < 4.78 is 10.3. The predicted octanol–water partition coefficient (Wildman–Crippen LogP) is 6.86. The molecule has 0 heterocycles. The third-order valence-corrected chi connectivity index (χ3v) is 11.4. The number of rotatable bonds is 7. The molecule has 1 unspecified atom stereocenters. The molecule has 4 aliphatic rings. The number of ether oxygens (including phenoxy) is 2. The molecule has 4 rings (SSSR count). The smallest absolute Gasteiger partial charge is 0.317 e. The maximum absolute atomic E-state index is 12.2. The van der Waals surface area contributed by atoms with Crippen LogP contribution in [0, 0.1) is 45.8 Å². The molecule has 0 amide bonds. The van der Waals surface area contributed by atoms with Gasteiger partial charge in [-0.3, -0.25) is 9.59 Å². The summed E-state index contributed by atoms with van der Waals surface area (Å²) in [7, 11) is 1.29. The van der Waals surface area contributed by atoms with Gasteiger partial charge in [0.15, 0.2) is 0 Å². The summed E-state index contributed by atoms with van der Waals surface area (Å²) in [6.07, 6.45) is 12.7. The molecule has 0 aromatic rings. The van der Waals surface area contributed by atoms with E-state index >= 15 is 0 Å². The highest BCUT2D eigenvalue weighted by atomic mass is 16.6. The normalized spacial score (nSPS) is 38.9. The minimum atomic E-state index is -0.540. The van der Waals surface area contributed by atoms with Gasteiger partial charge in [-0.15, -0.1) is 0 Å². The van der Waals surface area contributed by atoms with Crippen LogP contribution in [0.15, 0.2) is 11.6 Å². The van der Waals surface area contributed by atoms with Gasteiger partial charge in [0.2, 0.25) is 0 Å². The van der Waals surface area contributed by atoms with Crippen molar-refractivity contribution in [1.82, 2.24) is 0 Å². The van der Waals surface area contributed by atoms with Crippen LogP contribution in [0.1, 0.15) is 112 Å². The molecule has 4 aliphatic carbocycles. The summed E-state index contributed by atoms with van der Waals surface area (Å²) in [4.78, 5) is 23.6. The van der Waals surface area contributed by atoms with E-state index in [1.165, 1.54) is 38.4 Å². The van der Waals surface area contributed by atoms with Crippen molar-refractivity contribution in [2.24, 2.45) is 45.8 Å². The van der Waals surface area contributed by atoms with Crippen LogP contribution >= 0.6 is 0 Å². The molecule has 5 heteroatoms. The second-order valence-corrected chi connectivity index (χ2v) is 14.6. The lowest BCUT2D eigenvalue weighted by Crippen LogP contribution is -2.51. The van der Waals surface area contributed by atoms with Crippen molar-refractivity contribution in [1.29, 1.82) is 0 Å². The maximum atomic E-state index is 12.2. The highest BCUT2D eigenvalue weighted by Crippen LogP contribution is 2.67. The van der Waals surface area contributed by atoms with Crippen LogP contribution in [0.3, 0.4) is 0 Å². The van der Waals surface area contributed by atoms with E-state index in [1.54, 1.807) is 0 Å². The Bertz CT molecular complexity index is 886. The average molecular weight is 517 g/mol. The number of esters is 2. The summed E-state index contributed by atoms with van der Waals surface area (Å²) in [5.41, 5.74) is 2.25. The van der Waals surface area contributed by atoms with E-state index in [0.29, 0.717) is 23.2 Å². The summed E-state index contributed by atoms with van der Waals surface area (Å²) in [5, 5.41) is 11.2. The monoisotopic (exact) mass is 516 g/mol. The molecule has 0 spiro atoms. The molecule has 0 aliphatic heterocycles. The van der Waals surface area contributed by atoms with Crippen LogP contribution in [-0.2, 0) is 19.1 Å². The van der Waals surface area contributed by atoms with Crippen molar-refractivity contribution < 1.29 is 24.2 Å². The van der Waals surface area contributed by atoms with E-state index in [9.17, 15) is 14.7 Å². The van der Waals surface area contributed by atoms with Crippen molar-refractivity contribution in [2.75, 3.05) is 7.11 Å². The molecule has 0 radical (unpaired) electrons. The Morgan fingerprint density at radius 3 is 2.49 bits per heavy atom. The fourth-order valence-corrected chi connectivity index (χ4v) is 9.16. The third kappa shape index (κ3) is 5.68. The number of hydrogen-bond donors (Lipinski definition) is 1. The SMILES string of the molecule is COC(=O)CC(=O)O[C@H]1CC[C@@]2(C)C(=CC[C@H]3[C@@H]4CC[C@H]([C@H](C)C(O)CCC(C)(C)C)[C@@]4(C)CC[C@@H]32)C1. The maximum Gasteiger partial charge on any atom is 0.317 e. The van der Waals surface area contributed by atoms with Gasteiger partial charge in [-0.1, -0.05) is 53.2 Å². The van der Waals surface area contributed by atoms with E-state index in [1.807, 2.05) is 0 Å². The van der Waals surface area contributed by atoms with E-state index in [4.69, 9.17) is 4.74 Å². The molecule has 5 nitrogen and oxygen atoms in total. The Hall–Kier alpha value is -1.36. The zero-order chi connectivity index (χ0) is 27.2. The summed E-state index contributed by atoms with van der Waals surface area (Å²) in [6.45, 7) is 14.1. The van der Waals surface area contributed by atoms with Gasteiger partial charge in [0.25, 0.3) is 0 Å². The lowest BCUT2D eigenvalue weighted by atomic mass is 9.47. The molecule has 0 aromatic heterocycles. The van der Waals surface area contributed by atoms with Crippen LogP contribution < -0.4 is 0 Å². The predicted molar refractivity (Wildman–Crippen MR) is 146 cm³/mol. The van der Waals surface area contributed by atoms with Gasteiger partial charge in [0.1, 0.15) is 12.5 Å². The third-order valence-electron chi connectivity index (χ3n) is 11.4. The van der Waals surface area contributed by atoms with Crippen LogP contribution in [0.25, 0.3) is 0 Å². The molecular weight excluding hydrogens is 464 g/mol. The van der Waals surface area contributed by atoms with Gasteiger partial charge in [-0.2, -0.15) is 0 Å². The Morgan fingerprint density at radius 1 is 1.08 bits per heavy atom. The van der Waals surface area contributed by atoms with Gasteiger partial charge in [-0.05, 0) is 104 Å². The van der Waals surface area contributed by atoms with E-state index in [0.717, 1.165) is 50.4 Å². The van der Waals surface area contributed by atoms with Gasteiger partial charge in [0.05, 0.1) is 13.2 Å². The summed E-state index contributed by atoms with van der Waals surface area (Å²) >= 11 is 0. The highest BCUT2D eigenvalue weighted by Gasteiger charge is 2.59.